The first-order chi connectivity index (χ1) is 38.1. The molecule has 0 saturated carbocycles. The molecular weight excluding hydrogens is 1000 g/mol. The zero-order valence-electron chi connectivity index (χ0n) is 48.6. The molecule has 80 heavy (non-hydrogen) atoms. The van der Waals surface area contributed by atoms with Crippen LogP contribution in [0.2, 0.25) is 0 Å². The van der Waals surface area contributed by atoms with Crippen LogP contribution in [0, 0.1) is 22.7 Å². The number of ketones is 1. The van der Waals surface area contributed by atoms with Gasteiger partial charge >= 0.3 is 0 Å². The molecule has 14 nitrogen and oxygen atoms in total. The number of fused-ring (bicyclic) bond motifs is 3. The van der Waals surface area contributed by atoms with Crippen LogP contribution >= 0.6 is 0 Å². The Morgan fingerprint density at radius 3 is 2.05 bits per heavy atom. The van der Waals surface area contributed by atoms with Gasteiger partial charge in [-0.05, 0) is 126 Å². The van der Waals surface area contributed by atoms with Crippen LogP contribution in [-0.4, -0.2) is 106 Å². The van der Waals surface area contributed by atoms with Crippen molar-refractivity contribution < 1.29 is 33.6 Å². The molecule has 0 bridgehead atoms. The average Bonchev–Trinajstić information content (AvgIpc) is 3.89. The van der Waals surface area contributed by atoms with E-state index in [2.05, 4.69) is 33.4 Å². The number of hydrogen-bond acceptors (Lipinski definition) is 8. The lowest BCUT2D eigenvalue weighted by atomic mass is 9.76. The van der Waals surface area contributed by atoms with Crippen LogP contribution in [0.25, 0.3) is 10.8 Å². The van der Waals surface area contributed by atoms with E-state index in [0.29, 0.717) is 30.5 Å². The smallest absolute Gasteiger partial charge is 0.254 e. The first-order valence-electron chi connectivity index (χ1n) is 28.8. The Bertz CT molecular complexity index is 3080. The molecule has 8 rings (SSSR count). The Morgan fingerprint density at radius 2 is 1.36 bits per heavy atom. The standard InChI is InChI=1S/C66H83N7O7/c1-11-41(2)59(75)70-58(66(7,8)9)64(80)72-38-48-23-13-12-22-47(48)34-51(72)40-71(37-49-26-18-24-43-20-14-16-27-52(43)49)62(78)46-32-30-45(31-33-46)60(76)68-50-35-56(61(77)69-55-29-19-25-44-21-15-17-28-53(44)55)73(39-50)63(79)54(65(4,5)6)36-57(74)42(3)67-10/h12-18,20-24,26-28,30-33,41-42,50-51,54-56,58,67H,11,19,25,29,34-40H2,1-10H3,(H,68,76)(H,69,77)(H,70,75)/t41-,42+,50+,51+,54-,55-,56+,58-/m1/s1. The molecule has 424 valence electrons. The summed E-state index contributed by atoms with van der Waals surface area (Å²) in [6.07, 6.45) is 3.87. The highest BCUT2D eigenvalue weighted by atomic mass is 16.2. The van der Waals surface area contributed by atoms with Gasteiger partial charge in [0.2, 0.25) is 23.6 Å². The van der Waals surface area contributed by atoms with Crippen LogP contribution in [0.15, 0.2) is 115 Å². The molecule has 1 fully saturated rings. The average molecular weight is 1090 g/mol. The third-order valence-electron chi connectivity index (χ3n) is 17.0. The van der Waals surface area contributed by atoms with Crippen molar-refractivity contribution in [3.8, 4) is 0 Å². The molecule has 0 unspecified atom stereocenters. The summed E-state index contributed by atoms with van der Waals surface area (Å²) in [6, 6.07) is 33.3. The fourth-order valence-corrected chi connectivity index (χ4v) is 11.7. The van der Waals surface area contributed by atoms with Gasteiger partial charge in [0.1, 0.15) is 17.9 Å². The number of rotatable bonds is 18. The van der Waals surface area contributed by atoms with Crippen molar-refractivity contribution in [2.75, 3.05) is 20.1 Å². The highest BCUT2D eigenvalue weighted by molar-refractivity contribution is 5.99. The van der Waals surface area contributed by atoms with E-state index in [0.717, 1.165) is 52.3 Å². The fourth-order valence-electron chi connectivity index (χ4n) is 11.7. The van der Waals surface area contributed by atoms with Crippen LogP contribution < -0.4 is 21.3 Å². The Labute approximate surface area is 473 Å². The fraction of sp³-hybridized carbons (Fsp3) is 0.470. The lowest BCUT2D eigenvalue weighted by Gasteiger charge is -2.43. The van der Waals surface area contributed by atoms with Gasteiger partial charge in [0.25, 0.3) is 11.8 Å². The minimum absolute atomic E-state index is 0.00648. The van der Waals surface area contributed by atoms with E-state index in [-0.39, 0.29) is 79.8 Å². The number of nitrogens with zero attached hydrogens (tertiary/aromatic N) is 3. The molecule has 2 heterocycles. The number of benzene rings is 5. The minimum Gasteiger partial charge on any atom is -0.347 e. The summed E-state index contributed by atoms with van der Waals surface area (Å²) >= 11 is 0. The van der Waals surface area contributed by atoms with Gasteiger partial charge < -0.3 is 36.0 Å². The van der Waals surface area contributed by atoms with Gasteiger partial charge in [-0.25, -0.2) is 0 Å². The molecule has 0 aromatic heterocycles. The molecule has 3 aliphatic rings. The predicted octanol–water partition coefficient (Wildman–Crippen LogP) is 9.14. The number of aryl methyl sites for hydroxylation is 1. The topological polar surface area (TPSA) is 177 Å². The number of likely N-dealkylation sites (tertiary alicyclic amines) is 1. The Kier molecular flexibility index (Phi) is 18.5. The number of carbonyl (C=O) groups is 7. The molecule has 6 amide bonds. The zero-order valence-corrected chi connectivity index (χ0v) is 48.6. The summed E-state index contributed by atoms with van der Waals surface area (Å²) < 4.78 is 0. The third-order valence-corrected chi connectivity index (χ3v) is 17.0. The van der Waals surface area contributed by atoms with Crippen molar-refractivity contribution in [3.63, 3.8) is 0 Å². The Balaban J connectivity index is 1.06. The van der Waals surface area contributed by atoms with Crippen molar-refractivity contribution >= 4 is 52.0 Å². The van der Waals surface area contributed by atoms with Crippen LogP contribution in [0.5, 0.6) is 0 Å². The van der Waals surface area contributed by atoms with Crippen LogP contribution in [-0.2, 0) is 49.9 Å². The molecule has 2 aliphatic heterocycles. The molecule has 14 heteroatoms. The number of hydrogen-bond donors (Lipinski definition) is 4. The number of amides is 6. The lowest BCUT2D eigenvalue weighted by Crippen LogP contribution is -2.60. The summed E-state index contributed by atoms with van der Waals surface area (Å²) in [4.78, 5) is 106. The molecule has 1 saturated heterocycles. The van der Waals surface area contributed by atoms with E-state index >= 15 is 9.59 Å². The van der Waals surface area contributed by atoms with Gasteiger partial charge in [0, 0.05) is 61.6 Å². The largest absolute Gasteiger partial charge is 0.347 e. The summed E-state index contributed by atoms with van der Waals surface area (Å²) in [6.45, 7) is 18.0. The summed E-state index contributed by atoms with van der Waals surface area (Å²) in [7, 11) is 1.71. The Hall–Kier alpha value is -7.19. The summed E-state index contributed by atoms with van der Waals surface area (Å²) in [5.74, 6) is -2.82. The zero-order chi connectivity index (χ0) is 57.6. The van der Waals surface area contributed by atoms with Gasteiger partial charge in [-0.2, -0.15) is 0 Å². The highest BCUT2D eigenvalue weighted by Gasteiger charge is 2.46. The second-order valence-electron chi connectivity index (χ2n) is 24.8. The monoisotopic (exact) mass is 1090 g/mol. The van der Waals surface area contributed by atoms with E-state index in [1.165, 1.54) is 5.56 Å². The quantitative estimate of drug-likeness (QED) is 0.0672. The molecule has 1 aliphatic carbocycles. The number of carbonyl (C=O) groups excluding carboxylic acids is 7. The molecule has 5 aromatic carbocycles. The first-order valence-corrected chi connectivity index (χ1v) is 28.8. The summed E-state index contributed by atoms with van der Waals surface area (Å²) in [5.41, 5.74) is 4.69. The maximum absolute atomic E-state index is 15.2. The predicted molar refractivity (Wildman–Crippen MR) is 313 cm³/mol. The highest BCUT2D eigenvalue weighted by Crippen LogP contribution is 2.36. The van der Waals surface area contributed by atoms with Crippen LogP contribution in [0.1, 0.15) is 149 Å². The van der Waals surface area contributed by atoms with Crippen molar-refractivity contribution in [2.24, 2.45) is 22.7 Å². The van der Waals surface area contributed by atoms with Gasteiger partial charge in [-0.1, -0.05) is 146 Å². The lowest BCUT2D eigenvalue weighted by molar-refractivity contribution is -0.146. The van der Waals surface area contributed by atoms with Gasteiger partial charge in [0.05, 0.1) is 18.1 Å². The van der Waals surface area contributed by atoms with E-state index in [1.54, 1.807) is 48.0 Å². The van der Waals surface area contributed by atoms with Crippen molar-refractivity contribution in [1.82, 2.24) is 36.0 Å². The van der Waals surface area contributed by atoms with E-state index in [1.807, 2.05) is 139 Å². The molecule has 0 spiro atoms. The van der Waals surface area contributed by atoms with Crippen molar-refractivity contribution in [3.05, 3.63) is 154 Å². The SMILES string of the molecule is CC[C@@H](C)C(=O)N[C@H](C(=O)N1Cc2ccccc2C[C@H]1CN(Cc1cccc2ccccc12)C(=O)c1ccc(C(=O)N[C@H]2C[C@@H](C(=O)N[C@@H]3CCCc4ccccc43)N(C(=O)[C@@H](CC(=O)[C@H](C)NC)C(C)(C)C)C2)cc1)C(C)(C)C. The maximum Gasteiger partial charge on any atom is 0.254 e. The summed E-state index contributed by atoms with van der Waals surface area (Å²) in [5, 5.41) is 14.5. The Morgan fingerprint density at radius 1 is 0.713 bits per heavy atom. The molecule has 0 radical (unpaired) electrons. The first kappa shape index (κ1) is 58.9. The molecule has 8 atom stereocenters. The number of Topliss-reactive ketones (excluding diaryl/α,β-unsaturated/α-hetero) is 1. The van der Waals surface area contributed by atoms with Crippen molar-refractivity contribution in [1.29, 1.82) is 0 Å². The second-order valence-corrected chi connectivity index (χ2v) is 24.8. The second kappa shape index (κ2) is 25.1. The van der Waals surface area contributed by atoms with Crippen molar-refractivity contribution in [2.45, 2.75) is 157 Å². The van der Waals surface area contributed by atoms with Crippen LogP contribution in [0.4, 0.5) is 0 Å². The van der Waals surface area contributed by atoms with E-state index < -0.39 is 52.9 Å². The van der Waals surface area contributed by atoms with E-state index in [9.17, 15) is 24.0 Å². The molecule has 4 N–H and O–H groups in total. The van der Waals surface area contributed by atoms with Crippen LogP contribution in [0.3, 0.4) is 0 Å². The number of nitrogens with one attached hydrogen (secondary N) is 4. The normalized spacial score (nSPS) is 19.6. The van der Waals surface area contributed by atoms with Gasteiger partial charge in [0.15, 0.2) is 0 Å². The minimum atomic E-state index is -0.900. The van der Waals surface area contributed by atoms with E-state index in [4.69, 9.17) is 0 Å². The molecular formula is C66H83N7O7. The maximum atomic E-state index is 15.2. The van der Waals surface area contributed by atoms with Gasteiger partial charge in [-0.15, -0.1) is 0 Å². The van der Waals surface area contributed by atoms with Gasteiger partial charge in [-0.3, -0.25) is 33.6 Å². The molecule has 5 aromatic rings. The third kappa shape index (κ3) is 13.5. The number of likely N-dealkylation sites (N-methyl/N-ethyl adjacent to an activating group) is 1.